The second-order valence-electron chi connectivity index (χ2n) is 5.85. The molecule has 4 heterocycles. The van der Waals surface area contributed by atoms with Gasteiger partial charge in [0.25, 0.3) is 0 Å². The van der Waals surface area contributed by atoms with E-state index in [0.29, 0.717) is 11.6 Å². The Bertz CT molecular complexity index is 764. The smallest absolute Gasteiger partial charge is 0.329 e. The summed E-state index contributed by atoms with van der Waals surface area (Å²) in [6.45, 7) is 3.63. The molecule has 4 rings (SSSR count). The summed E-state index contributed by atoms with van der Waals surface area (Å²) in [5, 5.41) is 2.73. The number of urea groups is 1. The molecule has 0 spiro atoms. The van der Waals surface area contributed by atoms with Crippen LogP contribution in [0.25, 0.3) is 0 Å². The molecule has 6 nitrogen and oxygen atoms in total. The maximum absolute atomic E-state index is 12.9. The molecule has 23 heavy (non-hydrogen) atoms. The van der Waals surface area contributed by atoms with Gasteiger partial charge in [-0.3, -0.25) is 10.2 Å². The summed E-state index contributed by atoms with van der Waals surface area (Å²) >= 11 is 0. The Morgan fingerprint density at radius 1 is 1.35 bits per heavy atom. The lowest BCUT2D eigenvalue weighted by molar-refractivity contribution is 0.254. The minimum Gasteiger partial charge on any atom is -0.366 e. The standard InChI is InChI=1S/C16H16FN5O/c1-10-2-4-13-15(19-10)22(12-6-7-21(13)9-12)16(23)20-14-5-3-11(17)8-18-14/h2-5,8,12H,6-7,9H2,1H3,(H,18,20,23). The van der Waals surface area contributed by atoms with Gasteiger partial charge in [-0.15, -0.1) is 0 Å². The zero-order valence-corrected chi connectivity index (χ0v) is 12.7. The molecular weight excluding hydrogens is 297 g/mol. The summed E-state index contributed by atoms with van der Waals surface area (Å²) in [6, 6.07) is 6.49. The highest BCUT2D eigenvalue weighted by Gasteiger charge is 2.40. The van der Waals surface area contributed by atoms with Gasteiger partial charge >= 0.3 is 6.03 Å². The Kier molecular flexibility index (Phi) is 3.14. The van der Waals surface area contributed by atoms with Crippen LogP contribution in [0.3, 0.4) is 0 Å². The van der Waals surface area contributed by atoms with E-state index >= 15 is 0 Å². The number of pyridine rings is 2. The molecule has 2 aliphatic rings. The number of aromatic nitrogens is 2. The molecule has 7 heteroatoms. The lowest BCUT2D eigenvalue weighted by Gasteiger charge is -2.35. The highest BCUT2D eigenvalue weighted by atomic mass is 19.1. The normalized spacial score (nSPS) is 18.8. The van der Waals surface area contributed by atoms with Gasteiger partial charge in [0.15, 0.2) is 5.82 Å². The Hall–Kier alpha value is -2.70. The molecule has 2 aromatic heterocycles. The zero-order valence-electron chi connectivity index (χ0n) is 12.7. The van der Waals surface area contributed by atoms with E-state index in [1.54, 1.807) is 4.90 Å². The molecule has 0 saturated carbocycles. The number of carbonyl (C=O) groups is 1. The third-order valence-electron chi connectivity index (χ3n) is 4.27. The Morgan fingerprint density at radius 3 is 3.00 bits per heavy atom. The molecule has 0 aromatic carbocycles. The first-order valence-corrected chi connectivity index (χ1v) is 7.56. The second kappa shape index (κ2) is 5.19. The molecule has 0 aliphatic carbocycles. The number of hydrogen-bond donors (Lipinski definition) is 1. The second-order valence-corrected chi connectivity index (χ2v) is 5.85. The average molecular weight is 313 g/mol. The molecule has 2 bridgehead atoms. The van der Waals surface area contributed by atoms with Crippen LogP contribution in [0.5, 0.6) is 0 Å². The van der Waals surface area contributed by atoms with Crippen LogP contribution >= 0.6 is 0 Å². The number of nitrogens with zero attached hydrogens (tertiary/aromatic N) is 4. The van der Waals surface area contributed by atoms with Crippen molar-refractivity contribution in [3.8, 4) is 0 Å². The number of amides is 2. The van der Waals surface area contributed by atoms with Crippen LogP contribution in [0.15, 0.2) is 30.5 Å². The van der Waals surface area contributed by atoms with Crippen LogP contribution in [-0.2, 0) is 0 Å². The SMILES string of the molecule is Cc1ccc2c(n1)N(C(=O)Nc1ccc(F)cn1)C1CCN2C1. The van der Waals surface area contributed by atoms with E-state index in [1.165, 1.54) is 12.1 Å². The fraction of sp³-hybridized carbons (Fsp3) is 0.312. The van der Waals surface area contributed by atoms with Crippen LogP contribution < -0.4 is 15.1 Å². The van der Waals surface area contributed by atoms with Crippen LogP contribution in [-0.4, -0.2) is 35.1 Å². The lowest BCUT2D eigenvalue weighted by atomic mass is 10.2. The van der Waals surface area contributed by atoms with Gasteiger partial charge in [0, 0.05) is 18.8 Å². The maximum Gasteiger partial charge on any atom is 0.329 e. The summed E-state index contributed by atoms with van der Waals surface area (Å²) in [5.74, 6) is 0.569. The number of anilines is 3. The quantitative estimate of drug-likeness (QED) is 0.879. The highest BCUT2D eigenvalue weighted by molar-refractivity contribution is 6.04. The number of nitrogens with one attached hydrogen (secondary N) is 1. The fourth-order valence-corrected chi connectivity index (χ4v) is 3.19. The molecule has 2 aromatic rings. The summed E-state index contributed by atoms with van der Waals surface area (Å²) < 4.78 is 12.9. The van der Waals surface area contributed by atoms with E-state index in [1.807, 2.05) is 19.1 Å². The third kappa shape index (κ3) is 2.38. The first kappa shape index (κ1) is 13.9. The number of rotatable bonds is 1. The minimum atomic E-state index is -0.435. The summed E-state index contributed by atoms with van der Waals surface area (Å²) in [5.41, 5.74) is 1.84. The lowest BCUT2D eigenvalue weighted by Crippen LogP contribution is -2.48. The topological polar surface area (TPSA) is 61.4 Å². The molecule has 2 amide bonds. The van der Waals surface area contributed by atoms with Crippen molar-refractivity contribution >= 4 is 23.4 Å². The average Bonchev–Trinajstić information content (AvgIpc) is 2.94. The predicted octanol–water partition coefficient (Wildman–Crippen LogP) is 2.55. The molecule has 1 N–H and O–H groups in total. The van der Waals surface area contributed by atoms with Crippen molar-refractivity contribution in [3.63, 3.8) is 0 Å². The van der Waals surface area contributed by atoms with Crippen LogP contribution in [0.1, 0.15) is 12.1 Å². The van der Waals surface area contributed by atoms with Crippen molar-refractivity contribution in [2.75, 3.05) is 28.2 Å². The number of fused-ring (bicyclic) bond motifs is 4. The van der Waals surface area contributed by atoms with Crippen LogP contribution in [0, 0.1) is 12.7 Å². The van der Waals surface area contributed by atoms with Gasteiger partial charge in [0.1, 0.15) is 11.6 Å². The van der Waals surface area contributed by atoms with Gasteiger partial charge in [-0.05, 0) is 37.6 Å². The van der Waals surface area contributed by atoms with E-state index < -0.39 is 5.82 Å². The molecule has 1 atom stereocenters. The maximum atomic E-state index is 12.9. The number of carbonyl (C=O) groups excluding carboxylic acids is 1. The van der Waals surface area contributed by atoms with Crippen molar-refractivity contribution in [1.82, 2.24) is 9.97 Å². The van der Waals surface area contributed by atoms with E-state index in [4.69, 9.17) is 0 Å². The van der Waals surface area contributed by atoms with Gasteiger partial charge in [-0.1, -0.05) is 0 Å². The molecular formula is C16H16FN5O. The van der Waals surface area contributed by atoms with E-state index in [9.17, 15) is 9.18 Å². The van der Waals surface area contributed by atoms with Crippen molar-refractivity contribution in [2.45, 2.75) is 19.4 Å². The zero-order chi connectivity index (χ0) is 16.0. The van der Waals surface area contributed by atoms with E-state index in [-0.39, 0.29) is 12.1 Å². The third-order valence-corrected chi connectivity index (χ3v) is 4.27. The Morgan fingerprint density at radius 2 is 2.22 bits per heavy atom. The monoisotopic (exact) mass is 313 g/mol. The van der Waals surface area contributed by atoms with Crippen LogP contribution in [0.4, 0.5) is 26.5 Å². The van der Waals surface area contributed by atoms with Gasteiger partial charge < -0.3 is 4.90 Å². The minimum absolute atomic E-state index is 0.0947. The van der Waals surface area contributed by atoms with Crippen molar-refractivity contribution in [2.24, 2.45) is 0 Å². The first-order valence-electron chi connectivity index (χ1n) is 7.56. The summed E-state index contributed by atoms with van der Waals surface area (Å²) in [4.78, 5) is 25.1. The van der Waals surface area contributed by atoms with Crippen molar-refractivity contribution in [1.29, 1.82) is 0 Å². The highest BCUT2D eigenvalue weighted by Crippen LogP contribution is 2.38. The van der Waals surface area contributed by atoms with Crippen molar-refractivity contribution < 1.29 is 9.18 Å². The number of aryl methyl sites for hydroxylation is 1. The van der Waals surface area contributed by atoms with E-state index in [0.717, 1.165) is 37.1 Å². The van der Waals surface area contributed by atoms with Gasteiger partial charge in [-0.2, -0.15) is 0 Å². The molecule has 1 fully saturated rings. The molecule has 118 valence electrons. The Balaban J connectivity index is 1.67. The fourth-order valence-electron chi connectivity index (χ4n) is 3.19. The molecule has 1 unspecified atom stereocenters. The largest absolute Gasteiger partial charge is 0.366 e. The summed E-state index contributed by atoms with van der Waals surface area (Å²) in [7, 11) is 0. The van der Waals surface area contributed by atoms with E-state index in [2.05, 4.69) is 20.2 Å². The number of halogens is 1. The van der Waals surface area contributed by atoms with Crippen molar-refractivity contribution in [3.05, 3.63) is 42.0 Å². The van der Waals surface area contributed by atoms with Gasteiger partial charge in [-0.25, -0.2) is 19.2 Å². The predicted molar refractivity (Wildman–Crippen MR) is 85.3 cm³/mol. The molecule has 1 saturated heterocycles. The van der Waals surface area contributed by atoms with Gasteiger partial charge in [0.05, 0.1) is 17.9 Å². The molecule has 2 aliphatic heterocycles. The van der Waals surface area contributed by atoms with Gasteiger partial charge in [0.2, 0.25) is 0 Å². The summed E-state index contributed by atoms with van der Waals surface area (Å²) in [6.07, 6.45) is 1.99. The molecule has 0 radical (unpaired) electrons. The van der Waals surface area contributed by atoms with Crippen LogP contribution in [0.2, 0.25) is 0 Å². The number of hydrogen-bond acceptors (Lipinski definition) is 4. The first-order chi connectivity index (χ1) is 11.1. The Labute approximate surface area is 133 Å².